The van der Waals surface area contributed by atoms with Gasteiger partial charge in [-0.25, -0.2) is 4.79 Å². The molecule has 2 N–H and O–H groups in total. The van der Waals surface area contributed by atoms with Gasteiger partial charge in [-0.1, -0.05) is 52.5 Å². The number of aromatic carboxylic acids is 1. The molecule has 0 atom stereocenters. The second-order valence-electron chi connectivity index (χ2n) is 5.37. The Balaban J connectivity index is 1.99. The lowest BCUT2D eigenvalue weighted by Gasteiger charge is -2.08. The molecule has 0 saturated carbocycles. The summed E-state index contributed by atoms with van der Waals surface area (Å²) in [5.74, 6) is -1.70. The molecule has 9 heteroatoms. The van der Waals surface area contributed by atoms with E-state index in [0.717, 1.165) is 11.3 Å². The average Bonchev–Trinajstić information content (AvgIpc) is 3.00. The van der Waals surface area contributed by atoms with E-state index >= 15 is 0 Å². The van der Waals surface area contributed by atoms with Crippen molar-refractivity contribution in [2.75, 3.05) is 5.32 Å². The van der Waals surface area contributed by atoms with Crippen LogP contribution in [0.25, 0.3) is 10.4 Å². The fourth-order valence-electron chi connectivity index (χ4n) is 2.37. The van der Waals surface area contributed by atoms with Crippen molar-refractivity contribution in [1.82, 2.24) is 0 Å². The summed E-state index contributed by atoms with van der Waals surface area (Å²) in [6, 6.07) is 9.16. The zero-order valence-corrected chi connectivity index (χ0v) is 17.1. The van der Waals surface area contributed by atoms with Crippen LogP contribution in [0.4, 0.5) is 5.69 Å². The summed E-state index contributed by atoms with van der Waals surface area (Å²) in [6.45, 7) is 0. The average molecular weight is 461 g/mol. The Morgan fingerprint density at radius 2 is 1.67 bits per heavy atom. The van der Waals surface area contributed by atoms with Gasteiger partial charge < -0.3 is 10.4 Å². The molecule has 1 amide bonds. The summed E-state index contributed by atoms with van der Waals surface area (Å²) in [5.41, 5.74) is 0.860. The van der Waals surface area contributed by atoms with Crippen LogP contribution in [0.5, 0.6) is 0 Å². The number of benzene rings is 2. The minimum atomic E-state index is -1.19. The largest absolute Gasteiger partial charge is 0.478 e. The molecule has 138 valence electrons. The van der Waals surface area contributed by atoms with Crippen LogP contribution in [0.2, 0.25) is 20.1 Å². The highest BCUT2D eigenvalue weighted by Crippen LogP contribution is 2.40. The molecule has 0 fully saturated rings. The number of rotatable bonds is 4. The predicted molar refractivity (Wildman–Crippen MR) is 111 cm³/mol. The van der Waals surface area contributed by atoms with Gasteiger partial charge in [0.15, 0.2) is 0 Å². The van der Waals surface area contributed by atoms with Gasteiger partial charge in [0.05, 0.1) is 25.6 Å². The molecule has 0 radical (unpaired) electrons. The molecular weight excluding hydrogens is 452 g/mol. The molecule has 1 aromatic heterocycles. The van der Waals surface area contributed by atoms with Gasteiger partial charge >= 0.3 is 5.97 Å². The van der Waals surface area contributed by atoms with Gasteiger partial charge in [0.25, 0.3) is 5.91 Å². The number of anilines is 1. The highest BCUT2D eigenvalue weighted by molar-refractivity contribution is 7.14. The molecule has 0 spiro atoms. The molecular formula is C18H9Cl4NO3S. The van der Waals surface area contributed by atoms with Gasteiger partial charge in [-0.05, 0) is 30.3 Å². The van der Waals surface area contributed by atoms with Crippen molar-refractivity contribution in [1.29, 1.82) is 0 Å². The number of carboxylic acids is 1. The molecule has 0 aliphatic carbocycles. The SMILES string of the molecule is O=C(Nc1csc(-c2ccc(Cl)cc2Cl)c1C(=O)O)c1ccc(Cl)c(Cl)c1. The molecule has 0 aliphatic rings. The van der Waals surface area contributed by atoms with Gasteiger partial charge in [-0.3, -0.25) is 4.79 Å². The second-order valence-corrected chi connectivity index (χ2v) is 7.90. The maximum atomic E-state index is 12.5. The molecule has 0 unspecified atom stereocenters. The van der Waals surface area contributed by atoms with Crippen LogP contribution in [0, 0.1) is 0 Å². The van der Waals surface area contributed by atoms with Crippen molar-refractivity contribution in [3.05, 3.63) is 73.0 Å². The van der Waals surface area contributed by atoms with Crippen LogP contribution in [0.3, 0.4) is 0 Å². The van der Waals surface area contributed by atoms with Crippen molar-refractivity contribution in [3.8, 4) is 10.4 Å². The highest BCUT2D eigenvalue weighted by Gasteiger charge is 2.23. The molecule has 0 bridgehead atoms. The van der Waals surface area contributed by atoms with Crippen LogP contribution in [0.1, 0.15) is 20.7 Å². The second kappa shape index (κ2) is 8.09. The first kappa shape index (κ1) is 20.0. The molecule has 0 aliphatic heterocycles. The van der Waals surface area contributed by atoms with E-state index in [1.165, 1.54) is 24.3 Å². The lowest BCUT2D eigenvalue weighted by Crippen LogP contribution is -2.14. The van der Waals surface area contributed by atoms with Crippen molar-refractivity contribution in [2.24, 2.45) is 0 Å². The van der Waals surface area contributed by atoms with E-state index in [2.05, 4.69) is 5.32 Å². The Morgan fingerprint density at radius 1 is 0.926 bits per heavy atom. The number of carbonyl (C=O) groups excluding carboxylic acids is 1. The zero-order valence-electron chi connectivity index (χ0n) is 13.2. The number of halogens is 4. The zero-order chi connectivity index (χ0) is 19.7. The molecule has 3 aromatic rings. The van der Waals surface area contributed by atoms with E-state index in [1.807, 2.05) is 0 Å². The molecule has 1 heterocycles. The molecule has 2 aromatic carbocycles. The number of nitrogens with one attached hydrogen (secondary N) is 1. The van der Waals surface area contributed by atoms with Crippen molar-refractivity contribution >= 4 is 75.3 Å². The summed E-state index contributed by atoms with van der Waals surface area (Å²) in [6.07, 6.45) is 0. The number of carboxylic acid groups (broad SMARTS) is 1. The third kappa shape index (κ3) is 4.23. The quantitative estimate of drug-likeness (QED) is 0.441. The van der Waals surface area contributed by atoms with Crippen LogP contribution in [0.15, 0.2) is 41.8 Å². The number of hydrogen-bond donors (Lipinski definition) is 2. The third-order valence-electron chi connectivity index (χ3n) is 3.61. The molecule has 27 heavy (non-hydrogen) atoms. The predicted octanol–water partition coefficient (Wildman–Crippen LogP) is 6.98. The first-order chi connectivity index (χ1) is 12.8. The minimum absolute atomic E-state index is 0.0577. The summed E-state index contributed by atoms with van der Waals surface area (Å²) in [5, 5.41) is 15.1. The maximum absolute atomic E-state index is 12.5. The first-order valence-corrected chi connectivity index (χ1v) is 9.73. The normalized spacial score (nSPS) is 10.7. The first-order valence-electron chi connectivity index (χ1n) is 7.34. The molecule has 4 nitrogen and oxygen atoms in total. The molecule has 3 rings (SSSR count). The Kier molecular flexibility index (Phi) is 5.99. The van der Waals surface area contributed by atoms with Crippen molar-refractivity contribution < 1.29 is 14.7 Å². The number of thiophene rings is 1. The van der Waals surface area contributed by atoms with Gasteiger partial charge in [0, 0.05) is 21.5 Å². The Morgan fingerprint density at radius 3 is 2.30 bits per heavy atom. The number of amides is 1. The van der Waals surface area contributed by atoms with Crippen LogP contribution in [-0.2, 0) is 0 Å². The van der Waals surface area contributed by atoms with E-state index in [-0.39, 0.29) is 21.8 Å². The van der Waals surface area contributed by atoms with E-state index in [0.29, 0.717) is 25.5 Å². The lowest BCUT2D eigenvalue weighted by molar-refractivity contribution is 0.0699. The van der Waals surface area contributed by atoms with Gasteiger partial charge in [-0.15, -0.1) is 11.3 Å². The summed E-state index contributed by atoms with van der Waals surface area (Å²) >= 11 is 25.0. The van der Waals surface area contributed by atoms with Gasteiger partial charge in [-0.2, -0.15) is 0 Å². The smallest absolute Gasteiger partial charge is 0.339 e. The highest BCUT2D eigenvalue weighted by atomic mass is 35.5. The van der Waals surface area contributed by atoms with Gasteiger partial charge in [0.1, 0.15) is 5.56 Å². The van der Waals surface area contributed by atoms with E-state index in [4.69, 9.17) is 46.4 Å². The number of carbonyl (C=O) groups is 2. The van der Waals surface area contributed by atoms with Crippen LogP contribution in [-0.4, -0.2) is 17.0 Å². The van der Waals surface area contributed by atoms with Crippen molar-refractivity contribution in [2.45, 2.75) is 0 Å². The molecule has 0 saturated heterocycles. The third-order valence-corrected chi connectivity index (χ3v) is 5.91. The Hall–Kier alpha value is -1.76. The van der Waals surface area contributed by atoms with Crippen LogP contribution < -0.4 is 5.32 Å². The summed E-state index contributed by atoms with van der Waals surface area (Å²) in [4.78, 5) is 24.7. The lowest BCUT2D eigenvalue weighted by atomic mass is 10.1. The summed E-state index contributed by atoms with van der Waals surface area (Å²) < 4.78 is 0. The maximum Gasteiger partial charge on any atom is 0.339 e. The van der Waals surface area contributed by atoms with E-state index < -0.39 is 11.9 Å². The monoisotopic (exact) mass is 459 g/mol. The van der Waals surface area contributed by atoms with Gasteiger partial charge in [0.2, 0.25) is 0 Å². The fraction of sp³-hybridized carbons (Fsp3) is 0. The van der Waals surface area contributed by atoms with Crippen molar-refractivity contribution in [3.63, 3.8) is 0 Å². The number of hydrogen-bond acceptors (Lipinski definition) is 3. The summed E-state index contributed by atoms with van der Waals surface area (Å²) in [7, 11) is 0. The Labute approximate surface area is 178 Å². The topological polar surface area (TPSA) is 66.4 Å². The fourth-order valence-corrected chi connectivity index (χ4v) is 4.26. The van der Waals surface area contributed by atoms with E-state index in [9.17, 15) is 14.7 Å². The standard InChI is InChI=1S/C18H9Cl4NO3S/c19-9-2-3-10(12(21)6-9)16-15(18(25)26)14(7-27-16)23-17(24)8-1-4-11(20)13(22)5-8/h1-7H,(H,23,24)(H,25,26). The van der Waals surface area contributed by atoms with E-state index in [1.54, 1.807) is 17.5 Å². The minimum Gasteiger partial charge on any atom is -0.478 e. The Bertz CT molecular complexity index is 1060. The van der Waals surface area contributed by atoms with Crippen LogP contribution >= 0.6 is 57.7 Å².